The van der Waals surface area contributed by atoms with E-state index in [-0.39, 0.29) is 16.9 Å². The summed E-state index contributed by atoms with van der Waals surface area (Å²) in [6, 6.07) is 4.89. The van der Waals surface area contributed by atoms with Crippen molar-refractivity contribution in [1.82, 2.24) is 0 Å². The van der Waals surface area contributed by atoms with Crippen molar-refractivity contribution in [3.8, 4) is 0 Å². The Labute approximate surface area is 101 Å². The van der Waals surface area contributed by atoms with Gasteiger partial charge in [-0.3, -0.25) is 4.79 Å². The van der Waals surface area contributed by atoms with Gasteiger partial charge in [-0.2, -0.15) is 0 Å². The van der Waals surface area contributed by atoms with Crippen molar-refractivity contribution in [1.29, 1.82) is 0 Å². The van der Waals surface area contributed by atoms with E-state index in [4.69, 9.17) is 5.11 Å². The van der Waals surface area contributed by atoms with Crippen LogP contribution in [0.3, 0.4) is 0 Å². The molecule has 2 N–H and O–H groups in total. The average Bonchev–Trinajstić information content (AvgIpc) is 2.14. The first-order valence-electron chi connectivity index (χ1n) is 5.36. The van der Waals surface area contributed by atoms with E-state index in [2.05, 4.69) is 5.32 Å². The Kier molecular flexibility index (Phi) is 3.56. The third-order valence-electron chi connectivity index (χ3n) is 2.37. The third kappa shape index (κ3) is 3.59. The molecule has 1 aromatic carbocycles. The lowest BCUT2D eigenvalue weighted by atomic mass is 9.86. The van der Waals surface area contributed by atoms with Crippen LogP contribution < -0.4 is 5.32 Å². The number of anilines is 1. The maximum atomic E-state index is 11.0. The average molecular weight is 235 g/mol. The van der Waals surface area contributed by atoms with Gasteiger partial charge in [0.2, 0.25) is 5.91 Å². The Hall–Kier alpha value is -1.84. The topological polar surface area (TPSA) is 66.4 Å². The number of carbonyl (C=O) groups is 2. The fraction of sp³-hybridized carbons (Fsp3) is 0.385. The van der Waals surface area contributed by atoms with Gasteiger partial charge in [0, 0.05) is 12.6 Å². The summed E-state index contributed by atoms with van der Waals surface area (Å²) in [6.07, 6.45) is 0. The molecule has 0 fully saturated rings. The summed E-state index contributed by atoms with van der Waals surface area (Å²) in [5, 5.41) is 11.6. The minimum absolute atomic E-state index is 0.168. The molecule has 0 spiro atoms. The highest BCUT2D eigenvalue weighted by Crippen LogP contribution is 2.26. The standard InChI is InChI=1S/C13H17NO3/c1-8(15)14-11-6-9(12(16)17)5-10(7-11)13(2,3)4/h5-7H,1-4H3,(H,14,15)(H,16,17). The van der Waals surface area contributed by atoms with Gasteiger partial charge in [0.15, 0.2) is 0 Å². The number of rotatable bonds is 2. The van der Waals surface area contributed by atoms with E-state index in [0.29, 0.717) is 5.69 Å². The summed E-state index contributed by atoms with van der Waals surface area (Å²) in [5.74, 6) is -1.21. The molecule has 0 bridgehead atoms. The van der Waals surface area contributed by atoms with Crippen molar-refractivity contribution in [3.05, 3.63) is 29.3 Å². The molecule has 4 nitrogen and oxygen atoms in total. The summed E-state index contributed by atoms with van der Waals surface area (Å²) in [4.78, 5) is 22.0. The molecule has 4 heteroatoms. The Bertz CT molecular complexity index is 458. The molecule has 0 aromatic heterocycles. The number of carboxylic acids is 1. The van der Waals surface area contributed by atoms with Gasteiger partial charge in [-0.05, 0) is 29.2 Å². The van der Waals surface area contributed by atoms with Crippen LogP contribution >= 0.6 is 0 Å². The highest BCUT2D eigenvalue weighted by atomic mass is 16.4. The first-order chi connectivity index (χ1) is 7.70. The summed E-state index contributed by atoms with van der Waals surface area (Å²) in [5.41, 5.74) is 1.41. The molecule has 0 aliphatic rings. The minimum Gasteiger partial charge on any atom is -0.478 e. The Morgan fingerprint density at radius 2 is 1.76 bits per heavy atom. The van der Waals surface area contributed by atoms with Gasteiger partial charge in [0.05, 0.1) is 5.56 Å². The SMILES string of the molecule is CC(=O)Nc1cc(C(=O)O)cc(C(C)(C)C)c1. The fourth-order valence-corrected chi connectivity index (χ4v) is 1.46. The van der Waals surface area contributed by atoms with Gasteiger partial charge >= 0.3 is 5.97 Å². The van der Waals surface area contributed by atoms with Crippen molar-refractivity contribution >= 4 is 17.6 Å². The number of aromatic carboxylic acids is 1. The lowest BCUT2D eigenvalue weighted by Gasteiger charge is -2.20. The molecule has 17 heavy (non-hydrogen) atoms. The van der Waals surface area contributed by atoms with Gasteiger partial charge in [0.1, 0.15) is 0 Å². The number of carboxylic acid groups (broad SMARTS) is 1. The smallest absolute Gasteiger partial charge is 0.335 e. The van der Waals surface area contributed by atoms with Crippen LogP contribution in [0.15, 0.2) is 18.2 Å². The highest BCUT2D eigenvalue weighted by Gasteiger charge is 2.17. The third-order valence-corrected chi connectivity index (χ3v) is 2.37. The van der Waals surface area contributed by atoms with Crippen molar-refractivity contribution in [2.75, 3.05) is 5.32 Å². The second kappa shape index (κ2) is 4.57. The summed E-state index contributed by atoms with van der Waals surface area (Å²) < 4.78 is 0. The number of carbonyl (C=O) groups excluding carboxylic acids is 1. The predicted octanol–water partition coefficient (Wildman–Crippen LogP) is 2.64. The number of hydrogen-bond acceptors (Lipinski definition) is 2. The van der Waals surface area contributed by atoms with E-state index >= 15 is 0 Å². The lowest BCUT2D eigenvalue weighted by molar-refractivity contribution is -0.114. The molecular weight excluding hydrogens is 218 g/mol. The van der Waals surface area contributed by atoms with Crippen molar-refractivity contribution < 1.29 is 14.7 Å². The summed E-state index contributed by atoms with van der Waals surface area (Å²) >= 11 is 0. The van der Waals surface area contributed by atoms with Crippen molar-refractivity contribution in [2.45, 2.75) is 33.1 Å². The van der Waals surface area contributed by atoms with Crippen LogP contribution in [-0.2, 0) is 10.2 Å². The molecule has 1 rings (SSSR count). The van der Waals surface area contributed by atoms with E-state index < -0.39 is 5.97 Å². The molecule has 0 radical (unpaired) electrons. The molecule has 0 saturated carbocycles. The molecule has 1 aromatic rings. The number of amides is 1. The molecule has 1 amide bonds. The quantitative estimate of drug-likeness (QED) is 0.828. The van der Waals surface area contributed by atoms with Gasteiger partial charge in [-0.25, -0.2) is 4.79 Å². The van der Waals surface area contributed by atoms with Crippen LogP contribution in [0.5, 0.6) is 0 Å². The molecule has 0 saturated heterocycles. The molecular formula is C13H17NO3. The normalized spacial score (nSPS) is 11.1. The second-order valence-electron chi connectivity index (χ2n) is 5.04. The van der Waals surface area contributed by atoms with E-state index in [1.54, 1.807) is 12.1 Å². The van der Waals surface area contributed by atoms with Crippen LogP contribution in [0.1, 0.15) is 43.6 Å². The van der Waals surface area contributed by atoms with Gasteiger partial charge < -0.3 is 10.4 Å². The Morgan fingerprint density at radius 3 is 2.18 bits per heavy atom. The Morgan fingerprint density at radius 1 is 1.18 bits per heavy atom. The van der Waals surface area contributed by atoms with Gasteiger partial charge in [-0.15, -0.1) is 0 Å². The van der Waals surface area contributed by atoms with Crippen molar-refractivity contribution in [3.63, 3.8) is 0 Å². The van der Waals surface area contributed by atoms with Crippen LogP contribution in [0.2, 0.25) is 0 Å². The lowest BCUT2D eigenvalue weighted by Crippen LogP contribution is -2.14. The molecule has 0 aliphatic carbocycles. The zero-order chi connectivity index (χ0) is 13.2. The molecule has 0 atom stereocenters. The van der Waals surface area contributed by atoms with Gasteiger partial charge in [-0.1, -0.05) is 20.8 Å². The van der Waals surface area contributed by atoms with Crippen LogP contribution in [-0.4, -0.2) is 17.0 Å². The zero-order valence-corrected chi connectivity index (χ0v) is 10.5. The van der Waals surface area contributed by atoms with E-state index in [1.807, 2.05) is 20.8 Å². The number of benzene rings is 1. The van der Waals surface area contributed by atoms with E-state index in [0.717, 1.165) is 5.56 Å². The zero-order valence-electron chi connectivity index (χ0n) is 10.5. The summed E-state index contributed by atoms with van der Waals surface area (Å²) in [6.45, 7) is 7.37. The first-order valence-corrected chi connectivity index (χ1v) is 5.36. The molecule has 0 heterocycles. The monoisotopic (exact) mass is 235 g/mol. The van der Waals surface area contributed by atoms with E-state index in [1.165, 1.54) is 13.0 Å². The maximum Gasteiger partial charge on any atom is 0.335 e. The number of hydrogen-bond donors (Lipinski definition) is 2. The first kappa shape index (κ1) is 13.2. The summed E-state index contributed by atoms with van der Waals surface area (Å²) in [7, 11) is 0. The van der Waals surface area contributed by atoms with E-state index in [9.17, 15) is 9.59 Å². The predicted molar refractivity (Wildman–Crippen MR) is 66.4 cm³/mol. The van der Waals surface area contributed by atoms with Gasteiger partial charge in [0.25, 0.3) is 0 Å². The second-order valence-corrected chi connectivity index (χ2v) is 5.04. The minimum atomic E-state index is -0.997. The Balaban J connectivity index is 3.28. The van der Waals surface area contributed by atoms with Crippen LogP contribution in [0.25, 0.3) is 0 Å². The fourth-order valence-electron chi connectivity index (χ4n) is 1.46. The molecule has 0 unspecified atom stereocenters. The highest BCUT2D eigenvalue weighted by molar-refractivity contribution is 5.93. The van der Waals surface area contributed by atoms with Crippen LogP contribution in [0, 0.1) is 0 Å². The van der Waals surface area contributed by atoms with Crippen molar-refractivity contribution in [2.24, 2.45) is 0 Å². The van der Waals surface area contributed by atoms with Crippen LogP contribution in [0.4, 0.5) is 5.69 Å². The number of nitrogens with one attached hydrogen (secondary N) is 1. The molecule has 92 valence electrons. The largest absolute Gasteiger partial charge is 0.478 e. The maximum absolute atomic E-state index is 11.0. The molecule has 0 aliphatic heterocycles.